The molecule has 0 heterocycles. The number of benzene rings is 1. The fraction of sp³-hybridized carbons (Fsp3) is 0.222. The molecule has 0 radical (unpaired) electrons. The molecule has 0 saturated heterocycles. The number of phenols is 2. The summed E-state index contributed by atoms with van der Waals surface area (Å²) in [6.45, 7) is 0. The maximum absolute atomic E-state index is 10.6. The molecule has 0 aromatic heterocycles. The number of hydrazine groups is 1. The van der Waals surface area contributed by atoms with E-state index < -0.39 is 12.0 Å². The van der Waals surface area contributed by atoms with Gasteiger partial charge in [-0.15, -0.1) is 0 Å². The molecule has 0 aliphatic heterocycles. The number of hydrogen-bond acceptors (Lipinski definition) is 5. The summed E-state index contributed by atoms with van der Waals surface area (Å²) >= 11 is 0. The van der Waals surface area contributed by atoms with Crippen molar-refractivity contribution in [2.75, 3.05) is 0 Å². The first kappa shape index (κ1) is 11.3. The summed E-state index contributed by atoms with van der Waals surface area (Å²) in [5, 5.41) is 27.0. The zero-order valence-electron chi connectivity index (χ0n) is 7.84. The summed E-state index contributed by atoms with van der Waals surface area (Å²) in [6.07, 6.45) is 0.0772. The number of aromatic hydroxyl groups is 2. The van der Waals surface area contributed by atoms with E-state index in [-0.39, 0.29) is 17.9 Å². The highest BCUT2D eigenvalue weighted by molar-refractivity contribution is 5.73. The molecule has 0 spiro atoms. The number of nitrogens with two attached hydrogens (primary N) is 1. The second kappa shape index (κ2) is 4.63. The quantitative estimate of drug-likeness (QED) is 0.341. The van der Waals surface area contributed by atoms with Gasteiger partial charge in [0, 0.05) is 6.07 Å². The Morgan fingerprint density at radius 1 is 1.33 bits per heavy atom. The van der Waals surface area contributed by atoms with Gasteiger partial charge in [0.1, 0.15) is 17.5 Å². The molecule has 0 fully saturated rings. The van der Waals surface area contributed by atoms with Crippen molar-refractivity contribution < 1.29 is 20.1 Å². The van der Waals surface area contributed by atoms with Crippen LogP contribution in [0.5, 0.6) is 11.5 Å². The van der Waals surface area contributed by atoms with Gasteiger partial charge in [0.05, 0.1) is 0 Å². The highest BCUT2D eigenvalue weighted by atomic mass is 16.4. The number of phenolic OH excluding ortho intramolecular Hbond substituents is 2. The molecule has 0 aliphatic carbocycles. The van der Waals surface area contributed by atoms with Gasteiger partial charge in [-0.1, -0.05) is 0 Å². The van der Waals surface area contributed by atoms with E-state index in [1.807, 2.05) is 0 Å². The lowest BCUT2D eigenvalue weighted by atomic mass is 10.1. The molecule has 1 aromatic rings. The molecule has 0 bridgehead atoms. The van der Waals surface area contributed by atoms with Crippen LogP contribution in [-0.2, 0) is 11.2 Å². The Bertz CT molecular complexity index is 347. The molecular formula is C9H12N2O4. The van der Waals surface area contributed by atoms with Crippen molar-refractivity contribution in [3.8, 4) is 11.5 Å². The summed E-state index contributed by atoms with van der Waals surface area (Å²) in [6, 6.07) is 2.95. The van der Waals surface area contributed by atoms with Crippen LogP contribution in [0.1, 0.15) is 5.56 Å². The third-order valence-electron chi connectivity index (χ3n) is 1.90. The van der Waals surface area contributed by atoms with Gasteiger partial charge in [0.15, 0.2) is 0 Å². The van der Waals surface area contributed by atoms with E-state index in [0.29, 0.717) is 5.56 Å². The van der Waals surface area contributed by atoms with Crippen LogP contribution in [0.2, 0.25) is 0 Å². The normalized spacial score (nSPS) is 12.3. The van der Waals surface area contributed by atoms with E-state index in [1.54, 1.807) is 0 Å². The van der Waals surface area contributed by atoms with E-state index in [1.165, 1.54) is 12.1 Å². The summed E-state index contributed by atoms with van der Waals surface area (Å²) in [5.74, 6) is 3.71. The van der Waals surface area contributed by atoms with Crippen LogP contribution < -0.4 is 11.3 Å². The average molecular weight is 212 g/mol. The molecule has 6 nitrogen and oxygen atoms in total. The predicted molar refractivity (Wildman–Crippen MR) is 52.2 cm³/mol. The molecule has 6 heteroatoms. The van der Waals surface area contributed by atoms with Crippen molar-refractivity contribution in [3.63, 3.8) is 0 Å². The second-order valence-electron chi connectivity index (χ2n) is 3.12. The van der Waals surface area contributed by atoms with Crippen molar-refractivity contribution >= 4 is 5.97 Å². The molecule has 6 N–H and O–H groups in total. The van der Waals surface area contributed by atoms with E-state index in [9.17, 15) is 4.79 Å². The fourth-order valence-corrected chi connectivity index (χ4v) is 1.23. The van der Waals surface area contributed by atoms with Gasteiger partial charge in [-0.25, -0.2) is 5.43 Å². The van der Waals surface area contributed by atoms with Crippen LogP contribution in [-0.4, -0.2) is 27.3 Å². The Kier molecular flexibility index (Phi) is 3.48. The summed E-state index contributed by atoms with van der Waals surface area (Å²) in [4.78, 5) is 10.6. The van der Waals surface area contributed by atoms with Gasteiger partial charge < -0.3 is 15.3 Å². The van der Waals surface area contributed by atoms with Crippen molar-refractivity contribution in [3.05, 3.63) is 23.8 Å². The van der Waals surface area contributed by atoms with Crippen LogP contribution in [0.15, 0.2) is 18.2 Å². The first-order chi connectivity index (χ1) is 7.02. The highest BCUT2D eigenvalue weighted by Gasteiger charge is 2.16. The van der Waals surface area contributed by atoms with Gasteiger partial charge in [-0.3, -0.25) is 10.6 Å². The summed E-state index contributed by atoms with van der Waals surface area (Å²) in [5.41, 5.74) is 2.61. The van der Waals surface area contributed by atoms with Gasteiger partial charge in [0.2, 0.25) is 0 Å². The first-order valence-corrected chi connectivity index (χ1v) is 4.23. The van der Waals surface area contributed by atoms with Gasteiger partial charge in [0.25, 0.3) is 0 Å². The van der Waals surface area contributed by atoms with Crippen LogP contribution in [0.25, 0.3) is 0 Å². The van der Waals surface area contributed by atoms with Crippen molar-refractivity contribution in [2.45, 2.75) is 12.5 Å². The van der Waals surface area contributed by atoms with Crippen molar-refractivity contribution in [1.29, 1.82) is 0 Å². The van der Waals surface area contributed by atoms with E-state index in [4.69, 9.17) is 21.2 Å². The Morgan fingerprint density at radius 2 is 1.87 bits per heavy atom. The zero-order valence-corrected chi connectivity index (χ0v) is 7.84. The lowest BCUT2D eigenvalue weighted by molar-refractivity contribution is -0.139. The molecule has 82 valence electrons. The monoisotopic (exact) mass is 212 g/mol. The van der Waals surface area contributed by atoms with Crippen LogP contribution in [0.3, 0.4) is 0 Å². The number of aliphatic carboxylic acids is 1. The third-order valence-corrected chi connectivity index (χ3v) is 1.90. The maximum Gasteiger partial charge on any atom is 0.322 e. The minimum atomic E-state index is -1.10. The summed E-state index contributed by atoms with van der Waals surface area (Å²) < 4.78 is 0. The maximum atomic E-state index is 10.6. The number of carboxylic acid groups (broad SMARTS) is 1. The molecule has 1 atom stereocenters. The third kappa shape index (κ3) is 3.12. The fourth-order valence-electron chi connectivity index (χ4n) is 1.23. The predicted octanol–water partition coefficient (Wildman–Crippen LogP) is -0.443. The van der Waals surface area contributed by atoms with Gasteiger partial charge in [-0.2, -0.15) is 0 Å². The molecule has 1 aromatic carbocycles. The molecule has 0 saturated carbocycles. The number of rotatable bonds is 4. The standard InChI is InChI=1S/C9H12N2O4/c10-11-8(9(14)15)3-5-1-6(12)4-7(13)2-5/h1-2,4,8,11-13H,3,10H2,(H,14,15)/t8-/m0/s1. The Labute approximate surface area is 85.9 Å². The van der Waals surface area contributed by atoms with E-state index in [2.05, 4.69) is 5.43 Å². The molecule has 1 rings (SSSR count). The van der Waals surface area contributed by atoms with E-state index >= 15 is 0 Å². The minimum Gasteiger partial charge on any atom is -0.508 e. The Balaban J connectivity index is 2.83. The SMILES string of the molecule is NN[C@@H](Cc1cc(O)cc(O)c1)C(=O)O. The van der Waals surface area contributed by atoms with Gasteiger partial charge >= 0.3 is 5.97 Å². The lowest BCUT2D eigenvalue weighted by Gasteiger charge is -2.11. The van der Waals surface area contributed by atoms with E-state index in [0.717, 1.165) is 6.07 Å². The summed E-state index contributed by atoms with van der Waals surface area (Å²) in [7, 11) is 0. The van der Waals surface area contributed by atoms with Crippen molar-refractivity contribution in [1.82, 2.24) is 5.43 Å². The largest absolute Gasteiger partial charge is 0.508 e. The Morgan fingerprint density at radius 3 is 2.27 bits per heavy atom. The number of carboxylic acids is 1. The molecular weight excluding hydrogens is 200 g/mol. The van der Waals surface area contributed by atoms with Crippen molar-refractivity contribution in [2.24, 2.45) is 5.84 Å². The molecule has 0 aliphatic rings. The number of nitrogens with one attached hydrogen (secondary N) is 1. The molecule has 0 unspecified atom stereocenters. The van der Waals surface area contributed by atoms with Crippen LogP contribution >= 0.6 is 0 Å². The Hall–Kier alpha value is -1.79. The van der Waals surface area contributed by atoms with Crippen LogP contribution in [0, 0.1) is 0 Å². The van der Waals surface area contributed by atoms with Crippen LogP contribution in [0.4, 0.5) is 0 Å². The minimum absolute atomic E-state index is 0.0772. The lowest BCUT2D eigenvalue weighted by Crippen LogP contribution is -2.42. The second-order valence-corrected chi connectivity index (χ2v) is 3.12. The van der Waals surface area contributed by atoms with Gasteiger partial charge in [-0.05, 0) is 24.1 Å². The molecule has 0 amide bonds. The topological polar surface area (TPSA) is 116 Å². The first-order valence-electron chi connectivity index (χ1n) is 4.23. The number of hydrogen-bond donors (Lipinski definition) is 5. The highest BCUT2D eigenvalue weighted by Crippen LogP contribution is 2.21. The molecule has 15 heavy (non-hydrogen) atoms. The number of carbonyl (C=O) groups is 1. The average Bonchev–Trinajstić information content (AvgIpc) is 2.12. The zero-order chi connectivity index (χ0) is 11.4. The smallest absolute Gasteiger partial charge is 0.322 e.